The first-order valence-electron chi connectivity index (χ1n) is 10.4. The molecule has 0 radical (unpaired) electrons. The Labute approximate surface area is 207 Å². The van der Waals surface area contributed by atoms with E-state index in [1.54, 1.807) is 18.2 Å². The normalized spacial score (nSPS) is 13.6. The minimum absolute atomic E-state index is 0.00914. The molecular weight excluding hydrogens is 519 g/mol. The summed E-state index contributed by atoms with van der Waals surface area (Å²) in [6.45, 7) is 1.48. The maximum absolute atomic E-state index is 13.2. The maximum Gasteiger partial charge on any atom is 0.417 e. The van der Waals surface area contributed by atoms with Crippen LogP contribution in [-0.4, -0.2) is 56.7 Å². The van der Waals surface area contributed by atoms with Gasteiger partial charge in [-0.25, -0.2) is 23.4 Å². The van der Waals surface area contributed by atoms with Crippen molar-refractivity contribution in [3.63, 3.8) is 0 Å². The van der Waals surface area contributed by atoms with Crippen molar-refractivity contribution in [1.82, 2.24) is 19.5 Å². The van der Waals surface area contributed by atoms with Crippen LogP contribution in [0.5, 0.6) is 0 Å². The summed E-state index contributed by atoms with van der Waals surface area (Å²) in [6.07, 6.45) is -1.04. The van der Waals surface area contributed by atoms with Crippen molar-refractivity contribution in [3.05, 3.63) is 47.7 Å². The van der Waals surface area contributed by atoms with E-state index in [1.807, 2.05) is 0 Å². The van der Waals surface area contributed by atoms with Gasteiger partial charge < -0.3 is 14.0 Å². The van der Waals surface area contributed by atoms with Gasteiger partial charge in [0.15, 0.2) is 21.3 Å². The Hall–Kier alpha value is -3.23. The number of oxime groups is 1. The Morgan fingerprint density at radius 3 is 2.61 bits per heavy atom. The fourth-order valence-corrected chi connectivity index (χ4v) is 4.70. The summed E-state index contributed by atoms with van der Waals surface area (Å²) in [5.74, 6) is -0.228. The predicted octanol–water partition coefficient (Wildman–Crippen LogP) is 3.68. The lowest BCUT2D eigenvalue weighted by Crippen LogP contribution is -2.09. The van der Waals surface area contributed by atoms with Gasteiger partial charge in [0.05, 0.1) is 34.2 Å². The molecule has 0 saturated carbocycles. The van der Waals surface area contributed by atoms with Gasteiger partial charge in [0, 0.05) is 18.6 Å². The van der Waals surface area contributed by atoms with Crippen LogP contribution in [0.25, 0.3) is 33.6 Å². The lowest BCUT2D eigenvalue weighted by molar-refractivity contribution is -0.137. The molecule has 4 aromatic rings. The van der Waals surface area contributed by atoms with Crippen molar-refractivity contribution in [3.8, 4) is 11.5 Å². The molecule has 0 fully saturated rings. The van der Waals surface area contributed by atoms with E-state index in [2.05, 4.69) is 20.1 Å². The summed E-state index contributed by atoms with van der Waals surface area (Å²) < 4.78 is 77.9. The van der Waals surface area contributed by atoms with Crippen molar-refractivity contribution < 1.29 is 31.0 Å². The fraction of sp³-hybridized carbons (Fsp3) is 0.273. The van der Waals surface area contributed by atoms with Gasteiger partial charge in [0.2, 0.25) is 0 Å². The van der Waals surface area contributed by atoms with Crippen LogP contribution in [0.3, 0.4) is 0 Å². The third kappa shape index (κ3) is 5.15. The molecule has 9 nitrogen and oxygen atoms in total. The molecule has 1 aromatic carbocycles. The second-order valence-electron chi connectivity index (χ2n) is 7.80. The number of hydrogen-bond acceptors (Lipinski definition) is 8. The molecule has 1 atom stereocenters. The van der Waals surface area contributed by atoms with E-state index in [4.69, 9.17) is 4.84 Å². The topological polar surface area (TPSA) is 122 Å². The Balaban J connectivity index is 1.89. The highest BCUT2D eigenvalue weighted by atomic mass is 32.2. The molecular formula is C22H20F3N5O4S2. The van der Waals surface area contributed by atoms with Gasteiger partial charge in [0.1, 0.15) is 11.2 Å². The van der Waals surface area contributed by atoms with Crippen molar-refractivity contribution in [2.75, 3.05) is 17.9 Å². The van der Waals surface area contributed by atoms with E-state index < -0.39 is 32.8 Å². The van der Waals surface area contributed by atoms with Crippen LogP contribution in [0.1, 0.15) is 18.1 Å². The van der Waals surface area contributed by atoms with Gasteiger partial charge in [-0.3, -0.25) is 0 Å². The summed E-state index contributed by atoms with van der Waals surface area (Å²) in [7, 11) is -2.26. The van der Waals surface area contributed by atoms with E-state index in [-0.39, 0.29) is 39.3 Å². The Morgan fingerprint density at radius 1 is 1.19 bits per heavy atom. The smallest absolute Gasteiger partial charge is 0.417 e. The molecule has 0 aliphatic rings. The van der Waals surface area contributed by atoms with Crippen LogP contribution < -0.4 is 0 Å². The van der Waals surface area contributed by atoms with Crippen LogP contribution in [0.2, 0.25) is 0 Å². The van der Waals surface area contributed by atoms with E-state index in [0.717, 1.165) is 6.07 Å². The second-order valence-corrected chi connectivity index (χ2v) is 11.4. The number of benzene rings is 1. The molecule has 190 valence electrons. The third-order valence-corrected chi connectivity index (χ3v) is 7.44. The van der Waals surface area contributed by atoms with Gasteiger partial charge in [-0.15, -0.1) is 0 Å². The summed E-state index contributed by atoms with van der Waals surface area (Å²) in [5, 5.41) is 4.27. The van der Waals surface area contributed by atoms with E-state index in [1.165, 1.54) is 37.1 Å². The SMILES string of the molecule is CCS(=O)(=O)c1cc2ccc(C=NOC[S+](C)[O-])cc2nc1-c1nc2cc(C(F)(F)F)cnc2n1C. The number of alkyl halides is 3. The molecule has 3 heterocycles. The zero-order chi connectivity index (χ0) is 26.3. The number of nitrogens with zero attached hydrogens (tertiary/aromatic N) is 5. The molecule has 0 saturated heterocycles. The van der Waals surface area contributed by atoms with Gasteiger partial charge >= 0.3 is 6.18 Å². The largest absolute Gasteiger partial charge is 0.614 e. The highest BCUT2D eigenvalue weighted by Crippen LogP contribution is 2.34. The quantitative estimate of drug-likeness (QED) is 0.199. The van der Waals surface area contributed by atoms with Crippen molar-refractivity contribution >= 4 is 49.3 Å². The standard InChI is InChI=1S/C22H20F3N5O4S2/c1-4-36(32,33)18-8-14-6-5-13(10-27-34-12-35(3)31)7-16(14)28-19(18)21-29-17-9-15(22(23,24)25)11-26-20(17)30(21)2/h5-11H,4,12H2,1-3H3. The van der Waals surface area contributed by atoms with E-state index in [9.17, 15) is 26.1 Å². The average molecular weight is 540 g/mol. The molecule has 1 unspecified atom stereocenters. The van der Waals surface area contributed by atoms with E-state index >= 15 is 0 Å². The lowest BCUT2D eigenvalue weighted by Gasteiger charge is -2.11. The highest BCUT2D eigenvalue weighted by Gasteiger charge is 2.32. The fourth-order valence-electron chi connectivity index (χ4n) is 3.44. The Morgan fingerprint density at radius 2 is 1.94 bits per heavy atom. The molecule has 0 spiro atoms. The Bertz CT molecular complexity index is 1580. The van der Waals surface area contributed by atoms with Crippen LogP contribution >= 0.6 is 0 Å². The van der Waals surface area contributed by atoms with E-state index in [0.29, 0.717) is 22.7 Å². The number of fused-ring (bicyclic) bond motifs is 2. The minimum Gasteiger partial charge on any atom is -0.614 e. The predicted molar refractivity (Wildman–Crippen MR) is 130 cm³/mol. The van der Waals surface area contributed by atoms with Crippen LogP contribution in [-0.2, 0) is 39.1 Å². The number of hydrogen-bond donors (Lipinski definition) is 0. The minimum atomic E-state index is -4.61. The molecule has 0 N–H and O–H groups in total. The molecule has 0 aliphatic heterocycles. The third-order valence-electron chi connectivity index (χ3n) is 5.26. The maximum atomic E-state index is 13.2. The van der Waals surface area contributed by atoms with Crippen LogP contribution in [0.15, 0.2) is 46.6 Å². The molecule has 4 rings (SSSR count). The second kappa shape index (κ2) is 9.67. The van der Waals surface area contributed by atoms with Crippen molar-refractivity contribution in [2.45, 2.75) is 18.0 Å². The molecule has 0 amide bonds. The summed E-state index contributed by atoms with van der Waals surface area (Å²) in [6, 6.07) is 7.30. The number of aryl methyl sites for hydroxylation is 1. The van der Waals surface area contributed by atoms with Crippen molar-refractivity contribution in [1.29, 1.82) is 0 Å². The molecule has 0 bridgehead atoms. The monoisotopic (exact) mass is 539 g/mol. The number of aromatic nitrogens is 4. The first kappa shape index (κ1) is 25.9. The number of rotatable bonds is 7. The molecule has 3 aromatic heterocycles. The Kier molecular flexibility index (Phi) is 6.94. The molecule has 0 aliphatic carbocycles. The zero-order valence-electron chi connectivity index (χ0n) is 19.3. The van der Waals surface area contributed by atoms with Gasteiger partial charge in [-0.1, -0.05) is 24.2 Å². The summed E-state index contributed by atoms with van der Waals surface area (Å²) in [5.41, 5.74) is 0.103. The average Bonchev–Trinajstić information content (AvgIpc) is 3.16. The van der Waals surface area contributed by atoms with Gasteiger partial charge in [-0.2, -0.15) is 13.2 Å². The van der Waals surface area contributed by atoms with Gasteiger partial charge in [0.25, 0.3) is 5.94 Å². The first-order valence-corrected chi connectivity index (χ1v) is 13.8. The van der Waals surface area contributed by atoms with Crippen LogP contribution in [0.4, 0.5) is 13.2 Å². The lowest BCUT2D eigenvalue weighted by atomic mass is 10.1. The number of halogens is 3. The summed E-state index contributed by atoms with van der Waals surface area (Å²) >= 11 is -1.18. The summed E-state index contributed by atoms with van der Waals surface area (Å²) in [4.78, 5) is 17.5. The zero-order valence-corrected chi connectivity index (χ0v) is 20.9. The highest BCUT2D eigenvalue weighted by molar-refractivity contribution is 7.91. The molecule has 36 heavy (non-hydrogen) atoms. The molecule has 14 heteroatoms. The number of pyridine rings is 2. The first-order chi connectivity index (χ1) is 16.9. The number of imidazole rings is 1. The van der Waals surface area contributed by atoms with Crippen LogP contribution in [0, 0.1) is 0 Å². The van der Waals surface area contributed by atoms with Crippen molar-refractivity contribution in [2.24, 2.45) is 12.2 Å². The van der Waals surface area contributed by atoms with Gasteiger partial charge in [-0.05, 0) is 34.9 Å². The number of sulfone groups is 1.